The number of nitrogens with zero attached hydrogens (tertiary/aromatic N) is 4. The summed E-state index contributed by atoms with van der Waals surface area (Å²) in [4.78, 5) is 15.3. The van der Waals surface area contributed by atoms with E-state index in [0.717, 1.165) is 53.8 Å². The summed E-state index contributed by atoms with van der Waals surface area (Å²) in [6, 6.07) is 8.36. The lowest BCUT2D eigenvalue weighted by Gasteiger charge is -2.28. The Kier molecular flexibility index (Phi) is 3.82. The summed E-state index contributed by atoms with van der Waals surface area (Å²) in [5.41, 5.74) is 11.1. The highest BCUT2D eigenvalue weighted by atomic mass is 35.5. The number of fused-ring (bicyclic) bond motifs is 2. The van der Waals surface area contributed by atoms with Gasteiger partial charge in [-0.15, -0.1) is 0 Å². The van der Waals surface area contributed by atoms with Crippen LogP contribution in [0.3, 0.4) is 0 Å². The third-order valence-corrected chi connectivity index (χ3v) is 4.75. The first kappa shape index (κ1) is 15.3. The minimum Gasteiger partial charge on any atom is -0.368 e. The molecule has 2 N–H and O–H groups in total. The molecule has 0 saturated carbocycles. The first-order valence-corrected chi connectivity index (χ1v) is 8.35. The number of hydrogen-bond acceptors (Lipinski definition) is 5. The van der Waals surface area contributed by atoms with Gasteiger partial charge in [-0.25, -0.2) is 15.0 Å². The minimum atomic E-state index is 0.347. The van der Waals surface area contributed by atoms with Crippen molar-refractivity contribution in [3.63, 3.8) is 0 Å². The number of aryl methyl sites for hydroxylation is 1. The molecule has 0 saturated heterocycles. The van der Waals surface area contributed by atoms with Crippen LogP contribution in [-0.2, 0) is 19.5 Å². The second-order valence-electron chi connectivity index (χ2n) is 6.30. The van der Waals surface area contributed by atoms with Gasteiger partial charge in [-0.05, 0) is 25.1 Å². The summed E-state index contributed by atoms with van der Waals surface area (Å²) < 4.78 is 0. The van der Waals surface area contributed by atoms with Gasteiger partial charge in [0.15, 0.2) is 0 Å². The predicted octanol–water partition coefficient (Wildman–Crippen LogP) is 3.13. The van der Waals surface area contributed by atoms with Crippen LogP contribution < -0.4 is 5.73 Å². The first-order valence-electron chi connectivity index (χ1n) is 7.97. The summed E-state index contributed by atoms with van der Waals surface area (Å²) >= 11 is 6.40. The Hall–Kier alpha value is -2.24. The van der Waals surface area contributed by atoms with E-state index in [1.807, 2.05) is 12.3 Å². The van der Waals surface area contributed by atoms with Gasteiger partial charge in [0.2, 0.25) is 5.95 Å². The van der Waals surface area contributed by atoms with Gasteiger partial charge >= 0.3 is 0 Å². The van der Waals surface area contributed by atoms with Crippen LogP contribution in [0.25, 0.3) is 10.9 Å². The molecule has 5 nitrogen and oxygen atoms in total. The number of nitrogens with two attached hydrogens (primary N) is 1. The Morgan fingerprint density at radius 3 is 3.00 bits per heavy atom. The van der Waals surface area contributed by atoms with Crippen LogP contribution >= 0.6 is 11.6 Å². The Morgan fingerprint density at radius 1 is 1.25 bits per heavy atom. The first-order chi connectivity index (χ1) is 11.6. The van der Waals surface area contributed by atoms with Crippen LogP contribution in [0.5, 0.6) is 0 Å². The number of hydrogen-bond donors (Lipinski definition) is 1. The van der Waals surface area contributed by atoms with Gasteiger partial charge in [-0.1, -0.05) is 23.2 Å². The van der Waals surface area contributed by atoms with E-state index in [0.29, 0.717) is 11.1 Å². The molecular weight excluding hydrogens is 322 g/mol. The number of anilines is 1. The molecule has 1 aliphatic heterocycles. The normalized spacial score (nSPS) is 14.8. The van der Waals surface area contributed by atoms with Gasteiger partial charge in [0.1, 0.15) is 5.15 Å². The van der Waals surface area contributed by atoms with Crippen LogP contribution in [0.2, 0.25) is 5.15 Å². The number of aromatic nitrogens is 3. The molecule has 0 fully saturated rings. The lowest BCUT2D eigenvalue weighted by atomic mass is 10.1. The Balaban J connectivity index is 1.60. The second-order valence-corrected chi connectivity index (χ2v) is 6.65. The van der Waals surface area contributed by atoms with Gasteiger partial charge in [0, 0.05) is 48.8 Å². The van der Waals surface area contributed by atoms with E-state index in [1.165, 1.54) is 5.56 Å². The molecule has 1 aromatic carbocycles. The molecule has 3 heterocycles. The SMILES string of the molecule is Cc1ccc2nc(Cl)c(CN3CCc4nc(N)ncc4C3)cc2c1. The van der Waals surface area contributed by atoms with Gasteiger partial charge in [0.25, 0.3) is 0 Å². The van der Waals surface area contributed by atoms with E-state index < -0.39 is 0 Å². The average molecular weight is 340 g/mol. The Labute approximate surface area is 145 Å². The molecule has 2 aromatic heterocycles. The fourth-order valence-corrected chi connectivity index (χ4v) is 3.40. The van der Waals surface area contributed by atoms with E-state index in [2.05, 4.69) is 45.0 Å². The molecule has 0 unspecified atom stereocenters. The standard InChI is InChI=1S/C18H18ClN5/c1-11-2-3-15-12(6-11)7-13(17(19)22-15)9-24-5-4-16-14(10-24)8-21-18(20)23-16/h2-3,6-8H,4-5,9-10H2,1H3,(H2,20,21,23). The molecule has 0 radical (unpaired) electrons. The third kappa shape index (κ3) is 2.92. The maximum absolute atomic E-state index is 6.40. The molecule has 0 spiro atoms. The van der Waals surface area contributed by atoms with Crippen molar-refractivity contribution in [3.8, 4) is 0 Å². The van der Waals surface area contributed by atoms with E-state index in [1.54, 1.807) is 0 Å². The topological polar surface area (TPSA) is 67.9 Å². The molecule has 122 valence electrons. The number of benzene rings is 1. The monoisotopic (exact) mass is 339 g/mol. The average Bonchev–Trinajstić information content (AvgIpc) is 2.56. The molecule has 1 aliphatic rings. The lowest BCUT2D eigenvalue weighted by Crippen LogP contribution is -2.31. The molecule has 0 bridgehead atoms. The highest BCUT2D eigenvalue weighted by Gasteiger charge is 2.19. The van der Waals surface area contributed by atoms with Crippen molar-refractivity contribution in [2.75, 3.05) is 12.3 Å². The summed E-state index contributed by atoms with van der Waals surface area (Å²) in [7, 11) is 0. The number of nitrogen functional groups attached to an aromatic ring is 1. The van der Waals surface area contributed by atoms with Crippen molar-refractivity contribution in [2.45, 2.75) is 26.4 Å². The molecule has 0 amide bonds. The van der Waals surface area contributed by atoms with Crippen molar-refractivity contribution in [3.05, 3.63) is 58.0 Å². The lowest BCUT2D eigenvalue weighted by molar-refractivity contribution is 0.243. The molecular formula is C18H18ClN5. The predicted molar refractivity (Wildman–Crippen MR) is 95.8 cm³/mol. The molecule has 24 heavy (non-hydrogen) atoms. The minimum absolute atomic E-state index is 0.347. The van der Waals surface area contributed by atoms with Crippen molar-refractivity contribution >= 4 is 28.5 Å². The fourth-order valence-electron chi connectivity index (χ4n) is 3.19. The maximum Gasteiger partial charge on any atom is 0.220 e. The highest BCUT2D eigenvalue weighted by Crippen LogP contribution is 2.25. The molecule has 0 aliphatic carbocycles. The van der Waals surface area contributed by atoms with Crippen LogP contribution in [0, 0.1) is 6.92 Å². The van der Waals surface area contributed by atoms with Gasteiger partial charge in [-0.2, -0.15) is 0 Å². The molecule has 6 heteroatoms. The highest BCUT2D eigenvalue weighted by molar-refractivity contribution is 6.30. The van der Waals surface area contributed by atoms with Gasteiger partial charge in [-0.3, -0.25) is 4.90 Å². The van der Waals surface area contributed by atoms with Crippen molar-refractivity contribution in [1.82, 2.24) is 19.9 Å². The zero-order valence-electron chi connectivity index (χ0n) is 13.5. The number of rotatable bonds is 2. The summed E-state index contributed by atoms with van der Waals surface area (Å²) in [5, 5.41) is 1.70. The summed E-state index contributed by atoms with van der Waals surface area (Å²) in [5.74, 6) is 0.347. The molecule has 4 rings (SSSR count). The maximum atomic E-state index is 6.40. The van der Waals surface area contributed by atoms with Crippen molar-refractivity contribution in [1.29, 1.82) is 0 Å². The quantitative estimate of drug-likeness (QED) is 0.726. The zero-order chi connectivity index (χ0) is 16.7. The van der Waals surface area contributed by atoms with Gasteiger partial charge in [0.05, 0.1) is 11.2 Å². The van der Waals surface area contributed by atoms with Crippen LogP contribution in [-0.4, -0.2) is 26.4 Å². The van der Waals surface area contributed by atoms with Crippen LogP contribution in [0.4, 0.5) is 5.95 Å². The third-order valence-electron chi connectivity index (χ3n) is 4.42. The smallest absolute Gasteiger partial charge is 0.220 e. The Morgan fingerprint density at radius 2 is 2.12 bits per heavy atom. The van der Waals surface area contributed by atoms with E-state index in [9.17, 15) is 0 Å². The van der Waals surface area contributed by atoms with Crippen molar-refractivity contribution in [2.24, 2.45) is 0 Å². The van der Waals surface area contributed by atoms with Crippen LogP contribution in [0.1, 0.15) is 22.4 Å². The largest absolute Gasteiger partial charge is 0.368 e. The second kappa shape index (κ2) is 6.00. The number of pyridine rings is 1. The zero-order valence-corrected chi connectivity index (χ0v) is 14.2. The summed E-state index contributed by atoms with van der Waals surface area (Å²) in [6.45, 7) is 4.57. The van der Waals surface area contributed by atoms with Crippen molar-refractivity contribution < 1.29 is 0 Å². The van der Waals surface area contributed by atoms with Gasteiger partial charge < -0.3 is 5.73 Å². The fraction of sp³-hybridized carbons (Fsp3) is 0.278. The molecule has 3 aromatic rings. The van der Waals surface area contributed by atoms with E-state index >= 15 is 0 Å². The van der Waals surface area contributed by atoms with E-state index in [-0.39, 0.29) is 0 Å². The van der Waals surface area contributed by atoms with E-state index in [4.69, 9.17) is 17.3 Å². The Bertz CT molecular complexity index is 925. The molecule has 0 atom stereocenters. The number of halogens is 1. The summed E-state index contributed by atoms with van der Waals surface area (Å²) in [6.07, 6.45) is 2.70. The van der Waals surface area contributed by atoms with Crippen LogP contribution in [0.15, 0.2) is 30.5 Å².